The second kappa shape index (κ2) is 5.31. The van der Waals surface area contributed by atoms with Crippen LogP contribution >= 0.6 is 0 Å². The first-order chi connectivity index (χ1) is 8.86. The van der Waals surface area contributed by atoms with Gasteiger partial charge in [0, 0.05) is 12.5 Å². The fraction of sp³-hybridized carbons (Fsp3) is 0.625. The Morgan fingerprint density at radius 3 is 3.00 bits per heavy atom. The van der Waals surface area contributed by atoms with Gasteiger partial charge in [0.25, 0.3) is 0 Å². The first-order valence-electron chi connectivity index (χ1n) is 7.28. The van der Waals surface area contributed by atoms with Crippen LogP contribution in [0, 0.1) is 5.92 Å². The molecule has 2 aliphatic rings. The Morgan fingerprint density at radius 2 is 2.28 bits per heavy atom. The van der Waals surface area contributed by atoms with Crippen molar-refractivity contribution < 1.29 is 4.74 Å². The van der Waals surface area contributed by atoms with E-state index in [0.29, 0.717) is 6.04 Å². The van der Waals surface area contributed by atoms with E-state index in [2.05, 4.69) is 30.6 Å². The first-order valence-corrected chi connectivity index (χ1v) is 7.28. The molecule has 0 spiro atoms. The van der Waals surface area contributed by atoms with E-state index in [-0.39, 0.29) is 0 Å². The van der Waals surface area contributed by atoms with E-state index < -0.39 is 0 Å². The molecule has 1 aromatic rings. The average molecular weight is 245 g/mol. The number of hydrogen-bond acceptors (Lipinski definition) is 2. The highest BCUT2D eigenvalue weighted by Crippen LogP contribution is 2.32. The van der Waals surface area contributed by atoms with Crippen LogP contribution in [0.1, 0.15) is 36.8 Å². The van der Waals surface area contributed by atoms with Crippen molar-refractivity contribution in [1.82, 2.24) is 5.32 Å². The number of nitrogens with one attached hydrogen (secondary N) is 1. The molecule has 98 valence electrons. The van der Waals surface area contributed by atoms with Gasteiger partial charge in [0.05, 0.1) is 6.61 Å². The zero-order chi connectivity index (χ0) is 12.4. The van der Waals surface area contributed by atoms with Crippen molar-refractivity contribution in [3.63, 3.8) is 0 Å². The van der Waals surface area contributed by atoms with Crippen molar-refractivity contribution >= 4 is 0 Å². The maximum absolute atomic E-state index is 5.55. The number of aryl methyl sites for hydroxylation is 1. The standard InChI is InChI=1S/C16H23NO/c1-17-15(13-3-2-4-13)7-5-12-6-8-16-14(11-12)9-10-18-16/h6,8,11,13,15,17H,2-5,7,9-10H2,1H3. The SMILES string of the molecule is CNC(CCc1ccc2c(c1)CCO2)C1CCC1. The molecule has 1 saturated carbocycles. The minimum atomic E-state index is 0.711. The Kier molecular flexibility index (Phi) is 3.55. The van der Waals surface area contributed by atoms with Crippen LogP contribution in [0.2, 0.25) is 0 Å². The summed E-state index contributed by atoms with van der Waals surface area (Å²) in [5.41, 5.74) is 2.87. The Bertz CT molecular complexity index is 412. The number of rotatable bonds is 5. The molecule has 3 rings (SSSR count). The molecule has 1 fully saturated rings. The number of hydrogen-bond donors (Lipinski definition) is 1. The Balaban J connectivity index is 1.58. The van der Waals surface area contributed by atoms with Crippen LogP contribution in [-0.4, -0.2) is 19.7 Å². The van der Waals surface area contributed by atoms with Crippen LogP contribution < -0.4 is 10.1 Å². The summed E-state index contributed by atoms with van der Waals surface area (Å²) in [6, 6.07) is 7.44. The molecule has 1 aliphatic carbocycles. The molecule has 2 nitrogen and oxygen atoms in total. The van der Waals surface area contributed by atoms with Crippen LogP contribution in [0.4, 0.5) is 0 Å². The maximum Gasteiger partial charge on any atom is 0.122 e. The molecular formula is C16H23NO. The second-order valence-electron chi connectivity index (χ2n) is 5.67. The summed E-state index contributed by atoms with van der Waals surface area (Å²) in [7, 11) is 2.11. The highest BCUT2D eigenvalue weighted by Gasteiger charge is 2.25. The summed E-state index contributed by atoms with van der Waals surface area (Å²) in [4.78, 5) is 0. The highest BCUT2D eigenvalue weighted by molar-refractivity contribution is 5.39. The minimum Gasteiger partial charge on any atom is -0.493 e. The van der Waals surface area contributed by atoms with Gasteiger partial charge in [-0.2, -0.15) is 0 Å². The lowest BCUT2D eigenvalue weighted by molar-refractivity contribution is 0.228. The quantitative estimate of drug-likeness (QED) is 0.861. The van der Waals surface area contributed by atoms with E-state index in [9.17, 15) is 0 Å². The van der Waals surface area contributed by atoms with Gasteiger partial charge >= 0.3 is 0 Å². The lowest BCUT2D eigenvalue weighted by Crippen LogP contribution is -2.37. The fourth-order valence-corrected chi connectivity index (χ4v) is 3.18. The number of ether oxygens (including phenoxy) is 1. The van der Waals surface area contributed by atoms with Crippen LogP contribution in [0.5, 0.6) is 5.75 Å². The van der Waals surface area contributed by atoms with Gasteiger partial charge in [0.1, 0.15) is 5.75 Å². The van der Waals surface area contributed by atoms with E-state index >= 15 is 0 Å². The van der Waals surface area contributed by atoms with Crippen molar-refractivity contribution in [2.45, 2.75) is 44.6 Å². The molecule has 1 heterocycles. The van der Waals surface area contributed by atoms with Gasteiger partial charge in [0.2, 0.25) is 0 Å². The van der Waals surface area contributed by atoms with Gasteiger partial charge < -0.3 is 10.1 Å². The summed E-state index contributed by atoms with van der Waals surface area (Å²) in [5.74, 6) is 2.02. The molecule has 2 heteroatoms. The molecule has 1 atom stereocenters. The molecule has 1 unspecified atom stereocenters. The van der Waals surface area contributed by atoms with Crippen molar-refractivity contribution in [3.05, 3.63) is 29.3 Å². The largest absolute Gasteiger partial charge is 0.493 e. The third-order valence-electron chi connectivity index (χ3n) is 4.59. The molecule has 0 saturated heterocycles. The van der Waals surface area contributed by atoms with E-state index in [1.54, 1.807) is 0 Å². The molecule has 1 aromatic carbocycles. The third-order valence-corrected chi connectivity index (χ3v) is 4.59. The highest BCUT2D eigenvalue weighted by atomic mass is 16.5. The normalized spacial score (nSPS) is 20.1. The van der Waals surface area contributed by atoms with E-state index in [1.807, 2.05) is 0 Å². The van der Waals surface area contributed by atoms with Gasteiger partial charge in [0.15, 0.2) is 0 Å². The number of benzene rings is 1. The first kappa shape index (κ1) is 12.0. The smallest absolute Gasteiger partial charge is 0.122 e. The molecule has 0 bridgehead atoms. The van der Waals surface area contributed by atoms with Crippen LogP contribution in [0.15, 0.2) is 18.2 Å². The zero-order valence-corrected chi connectivity index (χ0v) is 11.2. The molecule has 1 aliphatic heterocycles. The van der Waals surface area contributed by atoms with Gasteiger partial charge in [-0.05, 0) is 55.8 Å². The predicted octanol–water partition coefficient (Wildman–Crippen LogP) is 2.94. The predicted molar refractivity (Wildman–Crippen MR) is 74.2 cm³/mol. The molecule has 1 N–H and O–H groups in total. The van der Waals surface area contributed by atoms with Crippen molar-refractivity contribution in [2.24, 2.45) is 5.92 Å². The van der Waals surface area contributed by atoms with Crippen LogP contribution in [0.25, 0.3) is 0 Å². The van der Waals surface area contributed by atoms with E-state index in [0.717, 1.165) is 24.7 Å². The summed E-state index contributed by atoms with van der Waals surface area (Å²) in [6.45, 7) is 0.861. The zero-order valence-electron chi connectivity index (χ0n) is 11.2. The Morgan fingerprint density at radius 1 is 1.39 bits per heavy atom. The fourth-order valence-electron chi connectivity index (χ4n) is 3.18. The molecular weight excluding hydrogens is 222 g/mol. The lowest BCUT2D eigenvalue weighted by Gasteiger charge is -2.33. The number of fused-ring (bicyclic) bond motifs is 1. The Labute approximate surface area is 110 Å². The lowest BCUT2D eigenvalue weighted by atomic mass is 9.78. The van der Waals surface area contributed by atoms with E-state index in [1.165, 1.54) is 43.2 Å². The van der Waals surface area contributed by atoms with Crippen molar-refractivity contribution in [2.75, 3.05) is 13.7 Å². The summed E-state index contributed by atoms with van der Waals surface area (Å²) >= 11 is 0. The maximum atomic E-state index is 5.55. The van der Waals surface area contributed by atoms with Gasteiger partial charge in [-0.3, -0.25) is 0 Å². The summed E-state index contributed by atoms with van der Waals surface area (Å²) in [6.07, 6.45) is 7.81. The third kappa shape index (κ3) is 2.39. The van der Waals surface area contributed by atoms with E-state index in [4.69, 9.17) is 4.74 Å². The Hall–Kier alpha value is -1.02. The molecule has 18 heavy (non-hydrogen) atoms. The minimum absolute atomic E-state index is 0.711. The molecule has 0 radical (unpaired) electrons. The summed E-state index contributed by atoms with van der Waals surface area (Å²) < 4.78 is 5.55. The molecule has 0 aromatic heterocycles. The van der Waals surface area contributed by atoms with Crippen molar-refractivity contribution in [3.8, 4) is 5.75 Å². The monoisotopic (exact) mass is 245 g/mol. The van der Waals surface area contributed by atoms with Crippen LogP contribution in [-0.2, 0) is 12.8 Å². The summed E-state index contributed by atoms with van der Waals surface area (Å²) in [5, 5.41) is 3.50. The van der Waals surface area contributed by atoms with Gasteiger partial charge in [-0.1, -0.05) is 18.6 Å². The van der Waals surface area contributed by atoms with Gasteiger partial charge in [-0.25, -0.2) is 0 Å². The second-order valence-corrected chi connectivity index (χ2v) is 5.67. The molecule has 0 amide bonds. The van der Waals surface area contributed by atoms with Crippen molar-refractivity contribution in [1.29, 1.82) is 0 Å². The topological polar surface area (TPSA) is 21.3 Å². The van der Waals surface area contributed by atoms with Gasteiger partial charge in [-0.15, -0.1) is 0 Å². The van der Waals surface area contributed by atoms with Crippen LogP contribution in [0.3, 0.4) is 0 Å². The average Bonchev–Trinajstić information content (AvgIpc) is 2.79.